The second-order valence-electron chi connectivity index (χ2n) is 7.47. The lowest BCUT2D eigenvalue weighted by Gasteiger charge is -2.32. The van der Waals surface area contributed by atoms with Crippen molar-refractivity contribution >= 4 is 13.1 Å². The van der Waals surface area contributed by atoms with Crippen molar-refractivity contribution in [3.8, 4) is 0 Å². The second kappa shape index (κ2) is 6.82. The zero-order valence-electron chi connectivity index (χ0n) is 15.3. The third kappa shape index (κ3) is 4.07. The lowest BCUT2D eigenvalue weighted by molar-refractivity contribution is -0.138. The topological polar surface area (TPSA) is 44.8 Å². The largest absolute Gasteiger partial charge is 0.463 e. The molecule has 0 aromatic heterocycles. The summed E-state index contributed by atoms with van der Waals surface area (Å²) < 4.78 is 17.2. The van der Waals surface area contributed by atoms with Crippen LogP contribution in [0.15, 0.2) is 22.8 Å². The number of carbonyl (C=O) groups excluding carboxylic acids is 1. The molecule has 1 saturated heterocycles. The fraction of sp³-hybridized carbons (Fsp3) is 0.722. The van der Waals surface area contributed by atoms with Crippen molar-refractivity contribution < 1.29 is 18.8 Å². The van der Waals surface area contributed by atoms with E-state index in [1.54, 1.807) is 0 Å². The zero-order valence-corrected chi connectivity index (χ0v) is 15.3. The standard InChI is InChI=1S/C18H29BO4/c1-7-21-16(20)15-12-13(2)11-14(15)9-8-10-19-22-17(3,4)18(5,6)23-19/h11H,7-10,12H2,1-6H3. The summed E-state index contributed by atoms with van der Waals surface area (Å²) in [6, 6.07) is 0. The Labute approximate surface area is 140 Å². The van der Waals surface area contributed by atoms with E-state index in [4.69, 9.17) is 14.0 Å². The van der Waals surface area contributed by atoms with Gasteiger partial charge in [-0.3, -0.25) is 0 Å². The summed E-state index contributed by atoms with van der Waals surface area (Å²) in [5.74, 6) is -0.175. The van der Waals surface area contributed by atoms with E-state index in [1.165, 1.54) is 5.57 Å². The summed E-state index contributed by atoms with van der Waals surface area (Å²) in [6.45, 7) is 12.6. The van der Waals surface area contributed by atoms with Crippen molar-refractivity contribution in [3.63, 3.8) is 0 Å². The molecule has 2 rings (SSSR count). The van der Waals surface area contributed by atoms with E-state index < -0.39 is 0 Å². The van der Waals surface area contributed by atoms with E-state index in [2.05, 4.69) is 40.7 Å². The Morgan fingerprint density at radius 3 is 2.43 bits per heavy atom. The van der Waals surface area contributed by atoms with Crippen LogP contribution in [0.1, 0.15) is 60.8 Å². The van der Waals surface area contributed by atoms with Gasteiger partial charge in [-0.15, -0.1) is 0 Å². The van der Waals surface area contributed by atoms with Crippen molar-refractivity contribution in [2.24, 2.45) is 0 Å². The van der Waals surface area contributed by atoms with Gasteiger partial charge in [0, 0.05) is 12.0 Å². The maximum Gasteiger partial charge on any atom is 0.457 e. The van der Waals surface area contributed by atoms with Crippen molar-refractivity contribution in [1.29, 1.82) is 0 Å². The summed E-state index contributed by atoms with van der Waals surface area (Å²) in [4.78, 5) is 12.0. The van der Waals surface area contributed by atoms with Gasteiger partial charge in [0.2, 0.25) is 0 Å². The highest BCUT2D eigenvalue weighted by Crippen LogP contribution is 2.38. The van der Waals surface area contributed by atoms with Gasteiger partial charge in [0.05, 0.1) is 17.8 Å². The molecule has 0 aromatic rings. The molecule has 1 heterocycles. The van der Waals surface area contributed by atoms with Crippen LogP contribution < -0.4 is 0 Å². The number of hydrogen-bond acceptors (Lipinski definition) is 4. The molecule has 0 radical (unpaired) electrons. The Morgan fingerprint density at radius 2 is 1.87 bits per heavy atom. The van der Waals surface area contributed by atoms with Gasteiger partial charge in [-0.25, -0.2) is 4.79 Å². The second-order valence-corrected chi connectivity index (χ2v) is 7.47. The molecule has 0 atom stereocenters. The molecule has 0 unspecified atom stereocenters. The molecule has 0 saturated carbocycles. The molecule has 23 heavy (non-hydrogen) atoms. The number of ether oxygens (including phenoxy) is 1. The van der Waals surface area contributed by atoms with Gasteiger partial charge < -0.3 is 14.0 Å². The highest BCUT2D eigenvalue weighted by Gasteiger charge is 2.50. The monoisotopic (exact) mass is 320 g/mol. The first-order chi connectivity index (χ1) is 10.7. The van der Waals surface area contributed by atoms with Crippen LogP contribution in [0.4, 0.5) is 0 Å². The van der Waals surface area contributed by atoms with Gasteiger partial charge in [0.1, 0.15) is 0 Å². The summed E-state index contributed by atoms with van der Waals surface area (Å²) in [7, 11) is -0.168. The van der Waals surface area contributed by atoms with Crippen molar-refractivity contribution in [2.75, 3.05) is 6.61 Å². The molecule has 0 spiro atoms. The molecule has 128 valence electrons. The Balaban J connectivity index is 1.90. The smallest absolute Gasteiger partial charge is 0.457 e. The Bertz CT molecular complexity index is 515. The number of esters is 1. The van der Waals surface area contributed by atoms with Crippen LogP contribution in [0.3, 0.4) is 0 Å². The Hall–Kier alpha value is -1.07. The van der Waals surface area contributed by atoms with E-state index >= 15 is 0 Å². The van der Waals surface area contributed by atoms with Crippen LogP contribution >= 0.6 is 0 Å². The quantitative estimate of drug-likeness (QED) is 0.547. The minimum absolute atomic E-state index is 0.168. The number of hydrogen-bond donors (Lipinski definition) is 0. The molecule has 0 N–H and O–H groups in total. The highest BCUT2D eigenvalue weighted by atomic mass is 16.7. The summed E-state index contributed by atoms with van der Waals surface area (Å²) in [5.41, 5.74) is 2.59. The first-order valence-electron chi connectivity index (χ1n) is 8.58. The number of allylic oxidation sites excluding steroid dienone is 3. The molecule has 2 aliphatic rings. The average molecular weight is 320 g/mol. The first kappa shape index (κ1) is 18.3. The zero-order chi connectivity index (χ0) is 17.3. The van der Waals surface area contributed by atoms with Crippen LogP contribution in [0.5, 0.6) is 0 Å². The van der Waals surface area contributed by atoms with Crippen LogP contribution in [0, 0.1) is 0 Å². The lowest BCUT2D eigenvalue weighted by atomic mass is 9.81. The maximum atomic E-state index is 12.0. The van der Waals surface area contributed by atoms with E-state index in [-0.39, 0.29) is 24.3 Å². The molecule has 4 nitrogen and oxygen atoms in total. The van der Waals surface area contributed by atoms with Gasteiger partial charge in [-0.2, -0.15) is 0 Å². The van der Waals surface area contributed by atoms with Gasteiger partial charge in [-0.05, 0) is 59.9 Å². The molecule has 1 aliphatic heterocycles. The van der Waals surface area contributed by atoms with E-state index in [0.29, 0.717) is 13.0 Å². The minimum Gasteiger partial charge on any atom is -0.463 e. The predicted octanol–water partition coefficient (Wildman–Crippen LogP) is 4.07. The average Bonchev–Trinajstić information content (AvgIpc) is 2.87. The van der Waals surface area contributed by atoms with Gasteiger partial charge in [-0.1, -0.05) is 18.1 Å². The fourth-order valence-electron chi connectivity index (χ4n) is 3.01. The third-order valence-electron chi connectivity index (χ3n) is 4.97. The van der Waals surface area contributed by atoms with E-state index in [9.17, 15) is 4.79 Å². The van der Waals surface area contributed by atoms with Crippen LogP contribution in [-0.2, 0) is 18.8 Å². The van der Waals surface area contributed by atoms with Gasteiger partial charge in [0.15, 0.2) is 0 Å². The minimum atomic E-state index is -0.281. The molecule has 1 aliphatic carbocycles. The normalized spacial score (nSPS) is 22.5. The molecule has 0 amide bonds. The number of rotatable bonds is 6. The lowest BCUT2D eigenvalue weighted by Crippen LogP contribution is -2.41. The summed E-state index contributed by atoms with van der Waals surface area (Å²) in [6.07, 6.45) is 5.45. The highest BCUT2D eigenvalue weighted by molar-refractivity contribution is 6.45. The van der Waals surface area contributed by atoms with E-state index in [0.717, 1.165) is 30.3 Å². The molecule has 1 fully saturated rings. The Kier molecular flexibility index (Phi) is 5.42. The van der Waals surface area contributed by atoms with Crippen LogP contribution in [0.25, 0.3) is 0 Å². The van der Waals surface area contributed by atoms with Crippen LogP contribution in [0.2, 0.25) is 6.32 Å². The Morgan fingerprint density at radius 1 is 1.26 bits per heavy atom. The SMILES string of the molecule is CCOC(=O)C1=C(CCCB2OC(C)(C)C(C)(C)O2)C=C(C)C1. The molecule has 5 heteroatoms. The summed E-state index contributed by atoms with van der Waals surface area (Å²) in [5, 5.41) is 0. The van der Waals surface area contributed by atoms with Crippen LogP contribution in [-0.4, -0.2) is 30.9 Å². The van der Waals surface area contributed by atoms with Crippen molar-refractivity contribution in [3.05, 3.63) is 22.8 Å². The van der Waals surface area contributed by atoms with E-state index in [1.807, 2.05) is 6.92 Å². The fourth-order valence-corrected chi connectivity index (χ4v) is 3.01. The van der Waals surface area contributed by atoms with Gasteiger partial charge >= 0.3 is 13.1 Å². The molecule has 0 aromatic carbocycles. The van der Waals surface area contributed by atoms with Crippen molar-refractivity contribution in [1.82, 2.24) is 0 Å². The maximum absolute atomic E-state index is 12.0. The van der Waals surface area contributed by atoms with Crippen molar-refractivity contribution in [2.45, 2.75) is 78.3 Å². The number of carbonyl (C=O) groups is 1. The third-order valence-corrected chi connectivity index (χ3v) is 4.97. The molecular weight excluding hydrogens is 291 g/mol. The predicted molar refractivity (Wildman–Crippen MR) is 92.2 cm³/mol. The molecular formula is C18H29BO4. The molecule has 0 bridgehead atoms. The summed E-state index contributed by atoms with van der Waals surface area (Å²) >= 11 is 0. The first-order valence-corrected chi connectivity index (χ1v) is 8.58. The van der Waals surface area contributed by atoms with Gasteiger partial charge in [0.25, 0.3) is 0 Å².